The van der Waals surface area contributed by atoms with Crippen molar-refractivity contribution >= 4 is 23.9 Å². The highest BCUT2D eigenvalue weighted by Crippen LogP contribution is 2.09. The first-order valence-corrected chi connectivity index (χ1v) is 8.15. The lowest BCUT2D eigenvalue weighted by atomic mass is 10.1. The molecule has 0 bridgehead atoms. The number of amides is 2. The Morgan fingerprint density at radius 3 is 2.26 bits per heavy atom. The molecular formula is C20H18FN2O4-. The van der Waals surface area contributed by atoms with Crippen LogP contribution in [0, 0.1) is 5.82 Å². The first kappa shape index (κ1) is 19.8. The van der Waals surface area contributed by atoms with Gasteiger partial charge in [0.2, 0.25) is 5.91 Å². The van der Waals surface area contributed by atoms with Crippen LogP contribution in [0.25, 0.3) is 6.08 Å². The quantitative estimate of drug-likeness (QED) is 0.705. The lowest BCUT2D eigenvalue weighted by Crippen LogP contribution is -2.50. The largest absolute Gasteiger partial charge is 0.548 e. The maximum absolute atomic E-state index is 13.0. The molecule has 0 aromatic heterocycles. The van der Waals surface area contributed by atoms with Gasteiger partial charge in [-0.3, -0.25) is 9.59 Å². The van der Waals surface area contributed by atoms with Gasteiger partial charge in [0.1, 0.15) is 11.5 Å². The van der Waals surface area contributed by atoms with E-state index in [1.54, 1.807) is 30.3 Å². The molecule has 0 aliphatic heterocycles. The SMILES string of the molecule is CC(=O)N/C(=C/c1ccc(F)cc1)C(=O)N[C@@H](Cc1ccccc1)C(=O)[O-]. The molecule has 2 aromatic rings. The van der Waals surface area contributed by atoms with Gasteiger partial charge in [-0.25, -0.2) is 4.39 Å². The summed E-state index contributed by atoms with van der Waals surface area (Å²) in [5.41, 5.74) is 1.01. The summed E-state index contributed by atoms with van der Waals surface area (Å²) in [5, 5.41) is 16.1. The van der Waals surface area contributed by atoms with Gasteiger partial charge in [-0.15, -0.1) is 0 Å². The third-order valence-corrected chi connectivity index (χ3v) is 3.61. The van der Waals surface area contributed by atoms with Crippen LogP contribution in [-0.4, -0.2) is 23.8 Å². The Hall–Kier alpha value is -3.48. The van der Waals surface area contributed by atoms with Crippen molar-refractivity contribution in [3.63, 3.8) is 0 Å². The van der Waals surface area contributed by atoms with Crippen molar-refractivity contribution < 1.29 is 23.9 Å². The summed E-state index contributed by atoms with van der Waals surface area (Å²) in [6, 6.07) is 12.7. The molecule has 7 heteroatoms. The average molecular weight is 369 g/mol. The second kappa shape index (κ2) is 9.28. The van der Waals surface area contributed by atoms with E-state index >= 15 is 0 Å². The zero-order chi connectivity index (χ0) is 19.8. The van der Waals surface area contributed by atoms with Crippen LogP contribution < -0.4 is 15.7 Å². The first-order chi connectivity index (χ1) is 12.8. The lowest BCUT2D eigenvalue weighted by Gasteiger charge is -2.21. The maximum Gasteiger partial charge on any atom is 0.268 e. The standard InChI is InChI=1S/C20H19FN2O4/c1-13(24)22-17(11-15-7-9-16(21)10-8-15)19(25)23-18(20(26)27)12-14-5-3-2-4-6-14/h2-11,18H,12H2,1H3,(H,22,24)(H,23,25)(H,26,27)/p-1/b17-11+/t18-/m0/s1. The van der Waals surface area contributed by atoms with Crippen LogP contribution in [0.4, 0.5) is 4.39 Å². The predicted molar refractivity (Wildman–Crippen MR) is 95.3 cm³/mol. The zero-order valence-electron chi connectivity index (χ0n) is 14.6. The van der Waals surface area contributed by atoms with Crippen LogP contribution in [0.5, 0.6) is 0 Å². The van der Waals surface area contributed by atoms with Crippen LogP contribution in [0.1, 0.15) is 18.1 Å². The van der Waals surface area contributed by atoms with E-state index in [2.05, 4.69) is 10.6 Å². The molecule has 2 rings (SSSR count). The van der Waals surface area contributed by atoms with Crippen molar-refractivity contribution in [2.45, 2.75) is 19.4 Å². The maximum atomic E-state index is 13.0. The second-order valence-corrected chi connectivity index (χ2v) is 5.83. The highest BCUT2D eigenvalue weighted by atomic mass is 19.1. The minimum absolute atomic E-state index is 0.0266. The molecule has 0 aliphatic rings. The minimum atomic E-state index is -1.45. The van der Waals surface area contributed by atoms with E-state index in [4.69, 9.17) is 0 Å². The average Bonchev–Trinajstić information content (AvgIpc) is 2.62. The summed E-state index contributed by atoms with van der Waals surface area (Å²) in [4.78, 5) is 35.3. The zero-order valence-corrected chi connectivity index (χ0v) is 14.6. The van der Waals surface area contributed by atoms with Gasteiger partial charge in [0, 0.05) is 6.92 Å². The molecule has 0 heterocycles. The third kappa shape index (κ3) is 6.39. The molecule has 140 valence electrons. The number of halogens is 1. The van der Waals surface area contributed by atoms with E-state index in [9.17, 15) is 23.9 Å². The molecule has 27 heavy (non-hydrogen) atoms. The number of carbonyl (C=O) groups is 3. The molecule has 0 saturated carbocycles. The van der Waals surface area contributed by atoms with Crippen LogP contribution in [0.15, 0.2) is 60.3 Å². The van der Waals surface area contributed by atoms with Crippen LogP contribution >= 0.6 is 0 Å². The molecule has 0 aliphatic carbocycles. The fourth-order valence-electron chi connectivity index (χ4n) is 2.35. The molecule has 6 nitrogen and oxygen atoms in total. The topological polar surface area (TPSA) is 98.3 Å². The Kier molecular flexibility index (Phi) is 6.82. The molecule has 1 atom stereocenters. The van der Waals surface area contributed by atoms with Gasteiger partial charge >= 0.3 is 0 Å². The van der Waals surface area contributed by atoms with E-state index in [1.807, 2.05) is 0 Å². The summed E-state index contributed by atoms with van der Waals surface area (Å²) in [6.45, 7) is 1.21. The molecular weight excluding hydrogens is 351 g/mol. The van der Waals surface area contributed by atoms with E-state index in [-0.39, 0.29) is 12.1 Å². The van der Waals surface area contributed by atoms with Crippen molar-refractivity contribution in [3.8, 4) is 0 Å². The molecule has 2 aromatic carbocycles. The Bertz CT molecular complexity index is 848. The Morgan fingerprint density at radius 1 is 1.07 bits per heavy atom. The van der Waals surface area contributed by atoms with Crippen LogP contribution in [0.3, 0.4) is 0 Å². The number of hydrogen-bond donors (Lipinski definition) is 2. The van der Waals surface area contributed by atoms with Gasteiger partial charge in [0.05, 0.1) is 12.0 Å². The van der Waals surface area contributed by atoms with Gasteiger partial charge in [0.15, 0.2) is 0 Å². The smallest absolute Gasteiger partial charge is 0.268 e. The molecule has 0 radical (unpaired) electrons. The number of benzene rings is 2. The Balaban J connectivity index is 2.21. The number of carboxylic acid groups (broad SMARTS) is 1. The van der Waals surface area contributed by atoms with E-state index in [0.29, 0.717) is 11.1 Å². The summed E-state index contributed by atoms with van der Waals surface area (Å²) in [7, 11) is 0. The molecule has 2 N–H and O–H groups in total. The molecule has 0 spiro atoms. The Morgan fingerprint density at radius 2 is 1.70 bits per heavy atom. The highest BCUT2D eigenvalue weighted by molar-refractivity contribution is 6.02. The van der Waals surface area contributed by atoms with Gasteiger partial charge < -0.3 is 20.5 Å². The van der Waals surface area contributed by atoms with E-state index < -0.39 is 29.6 Å². The molecule has 0 unspecified atom stereocenters. The number of nitrogens with one attached hydrogen (secondary N) is 2. The summed E-state index contributed by atoms with van der Waals surface area (Å²) < 4.78 is 13.0. The number of carboxylic acids is 1. The fourth-order valence-corrected chi connectivity index (χ4v) is 2.35. The molecule has 2 amide bonds. The van der Waals surface area contributed by atoms with E-state index in [1.165, 1.54) is 37.3 Å². The van der Waals surface area contributed by atoms with Crippen molar-refractivity contribution in [2.75, 3.05) is 0 Å². The van der Waals surface area contributed by atoms with Crippen molar-refractivity contribution in [1.29, 1.82) is 0 Å². The van der Waals surface area contributed by atoms with Gasteiger partial charge in [-0.2, -0.15) is 0 Å². The second-order valence-electron chi connectivity index (χ2n) is 5.83. The monoisotopic (exact) mass is 369 g/mol. The number of hydrogen-bond acceptors (Lipinski definition) is 4. The number of carbonyl (C=O) groups excluding carboxylic acids is 3. The van der Waals surface area contributed by atoms with Gasteiger partial charge in [0.25, 0.3) is 5.91 Å². The van der Waals surface area contributed by atoms with Gasteiger partial charge in [-0.05, 0) is 35.8 Å². The predicted octanol–water partition coefficient (Wildman–Crippen LogP) is 0.780. The van der Waals surface area contributed by atoms with Crippen molar-refractivity contribution in [2.24, 2.45) is 0 Å². The normalized spacial score (nSPS) is 12.1. The van der Waals surface area contributed by atoms with Gasteiger partial charge in [-0.1, -0.05) is 42.5 Å². The number of rotatable bonds is 7. The summed E-state index contributed by atoms with van der Waals surface area (Å²) in [5.74, 6) is -3.19. The lowest BCUT2D eigenvalue weighted by molar-refractivity contribution is -0.308. The minimum Gasteiger partial charge on any atom is -0.548 e. The number of aliphatic carboxylic acids is 1. The van der Waals surface area contributed by atoms with E-state index in [0.717, 1.165) is 0 Å². The van der Waals surface area contributed by atoms with Crippen molar-refractivity contribution in [3.05, 3.63) is 77.2 Å². The summed E-state index contributed by atoms with van der Waals surface area (Å²) >= 11 is 0. The van der Waals surface area contributed by atoms with Crippen molar-refractivity contribution in [1.82, 2.24) is 10.6 Å². The van der Waals surface area contributed by atoms with Crippen LogP contribution in [0.2, 0.25) is 0 Å². The van der Waals surface area contributed by atoms with Crippen LogP contribution in [-0.2, 0) is 20.8 Å². The molecule has 0 fully saturated rings. The fraction of sp³-hybridized carbons (Fsp3) is 0.150. The first-order valence-electron chi connectivity index (χ1n) is 8.15. The molecule has 0 saturated heterocycles. The Labute approximate surface area is 155 Å². The summed E-state index contributed by atoms with van der Waals surface area (Å²) in [6.07, 6.45) is 1.35. The third-order valence-electron chi connectivity index (χ3n) is 3.61. The highest BCUT2D eigenvalue weighted by Gasteiger charge is 2.18.